The molecule has 0 bridgehead atoms. The SMILES string of the molecule is CN(C(=O)CF)c1ccc(N)cc1. The van der Waals surface area contributed by atoms with Gasteiger partial charge in [-0.3, -0.25) is 4.79 Å². The van der Waals surface area contributed by atoms with Crippen molar-refractivity contribution in [1.82, 2.24) is 0 Å². The van der Waals surface area contributed by atoms with Crippen LogP contribution in [0, 0.1) is 0 Å². The molecule has 70 valence electrons. The van der Waals surface area contributed by atoms with Crippen LogP contribution in [-0.4, -0.2) is 19.6 Å². The molecule has 3 nitrogen and oxygen atoms in total. The fourth-order valence-electron chi connectivity index (χ4n) is 0.932. The number of nitrogens with two attached hydrogens (primary N) is 1. The van der Waals surface area contributed by atoms with Crippen molar-refractivity contribution in [2.24, 2.45) is 0 Å². The second-order valence-corrected chi connectivity index (χ2v) is 2.68. The predicted octanol–water partition coefficient (Wildman–Crippen LogP) is 1.20. The van der Waals surface area contributed by atoms with E-state index in [0.717, 1.165) is 0 Å². The molecule has 0 spiro atoms. The molecule has 0 saturated carbocycles. The number of nitrogen functional groups attached to an aromatic ring is 1. The van der Waals surface area contributed by atoms with E-state index in [1.807, 2.05) is 0 Å². The Labute approximate surface area is 76.0 Å². The summed E-state index contributed by atoms with van der Waals surface area (Å²) in [6.07, 6.45) is 0. The van der Waals surface area contributed by atoms with Crippen LogP contribution >= 0.6 is 0 Å². The van der Waals surface area contributed by atoms with Crippen LogP contribution in [0.1, 0.15) is 0 Å². The second kappa shape index (κ2) is 3.89. The molecule has 0 unspecified atom stereocenters. The van der Waals surface area contributed by atoms with Crippen LogP contribution in [0.4, 0.5) is 15.8 Å². The van der Waals surface area contributed by atoms with Crippen molar-refractivity contribution in [2.75, 3.05) is 24.4 Å². The largest absolute Gasteiger partial charge is 0.399 e. The van der Waals surface area contributed by atoms with Crippen molar-refractivity contribution in [1.29, 1.82) is 0 Å². The Kier molecular flexibility index (Phi) is 2.84. The summed E-state index contributed by atoms with van der Waals surface area (Å²) in [6.45, 7) is -0.985. The van der Waals surface area contributed by atoms with Crippen molar-refractivity contribution < 1.29 is 9.18 Å². The fraction of sp³-hybridized carbons (Fsp3) is 0.222. The van der Waals surface area contributed by atoms with Gasteiger partial charge in [0.2, 0.25) is 0 Å². The highest BCUT2D eigenvalue weighted by atomic mass is 19.1. The third-order valence-corrected chi connectivity index (χ3v) is 1.77. The zero-order chi connectivity index (χ0) is 9.84. The van der Waals surface area contributed by atoms with Crippen molar-refractivity contribution in [3.63, 3.8) is 0 Å². The summed E-state index contributed by atoms with van der Waals surface area (Å²) in [6, 6.07) is 6.67. The summed E-state index contributed by atoms with van der Waals surface area (Å²) in [7, 11) is 1.52. The molecule has 0 aliphatic carbocycles. The number of benzene rings is 1. The molecule has 1 aromatic rings. The Hall–Kier alpha value is -1.58. The van der Waals surface area contributed by atoms with E-state index in [9.17, 15) is 9.18 Å². The number of hydrogen-bond donors (Lipinski definition) is 1. The van der Waals surface area contributed by atoms with Gasteiger partial charge < -0.3 is 10.6 Å². The average molecular weight is 182 g/mol. The summed E-state index contributed by atoms with van der Waals surface area (Å²) in [5.41, 5.74) is 6.71. The van der Waals surface area contributed by atoms with Gasteiger partial charge in [0, 0.05) is 18.4 Å². The molecule has 0 aliphatic heterocycles. The van der Waals surface area contributed by atoms with Crippen molar-refractivity contribution >= 4 is 17.3 Å². The maximum Gasteiger partial charge on any atom is 0.258 e. The Morgan fingerprint density at radius 1 is 1.46 bits per heavy atom. The molecule has 1 rings (SSSR count). The Morgan fingerprint density at radius 3 is 2.46 bits per heavy atom. The number of hydrogen-bond acceptors (Lipinski definition) is 2. The highest BCUT2D eigenvalue weighted by Crippen LogP contribution is 2.14. The van der Waals surface area contributed by atoms with Gasteiger partial charge in [-0.25, -0.2) is 4.39 Å². The van der Waals surface area contributed by atoms with E-state index < -0.39 is 12.6 Å². The predicted molar refractivity (Wildman–Crippen MR) is 50.2 cm³/mol. The van der Waals surface area contributed by atoms with Gasteiger partial charge in [0.25, 0.3) is 5.91 Å². The summed E-state index contributed by atoms with van der Waals surface area (Å²) >= 11 is 0. The second-order valence-electron chi connectivity index (χ2n) is 2.68. The first-order chi connectivity index (χ1) is 6.15. The number of alkyl halides is 1. The molecule has 0 heterocycles. The standard InChI is InChI=1S/C9H11FN2O/c1-12(9(13)6-10)8-4-2-7(11)3-5-8/h2-5H,6,11H2,1H3. The molecule has 0 aliphatic rings. The van der Waals surface area contributed by atoms with E-state index in [4.69, 9.17) is 5.73 Å². The summed E-state index contributed by atoms with van der Waals surface area (Å²) in [4.78, 5) is 12.2. The number of carbonyl (C=O) groups excluding carboxylic acids is 1. The normalized spacial score (nSPS) is 9.69. The molecule has 0 aromatic heterocycles. The first-order valence-corrected chi connectivity index (χ1v) is 3.83. The number of rotatable bonds is 2. The van der Waals surface area contributed by atoms with Gasteiger partial charge in [-0.05, 0) is 24.3 Å². The van der Waals surface area contributed by atoms with Crippen molar-refractivity contribution in [3.8, 4) is 0 Å². The number of amides is 1. The first-order valence-electron chi connectivity index (χ1n) is 3.83. The number of nitrogens with zero attached hydrogens (tertiary/aromatic N) is 1. The van der Waals surface area contributed by atoms with E-state index in [1.54, 1.807) is 24.3 Å². The van der Waals surface area contributed by atoms with Gasteiger partial charge in [0.15, 0.2) is 6.67 Å². The zero-order valence-corrected chi connectivity index (χ0v) is 7.33. The molecule has 4 heteroatoms. The minimum atomic E-state index is -0.985. The van der Waals surface area contributed by atoms with Gasteiger partial charge in [-0.1, -0.05) is 0 Å². The lowest BCUT2D eigenvalue weighted by Gasteiger charge is -2.15. The van der Waals surface area contributed by atoms with Crippen LogP contribution in [0.15, 0.2) is 24.3 Å². The van der Waals surface area contributed by atoms with Gasteiger partial charge in [-0.15, -0.1) is 0 Å². The summed E-state index contributed by atoms with van der Waals surface area (Å²) < 4.78 is 12.0. The molecular weight excluding hydrogens is 171 g/mol. The van der Waals surface area contributed by atoms with Gasteiger partial charge in [-0.2, -0.15) is 0 Å². The summed E-state index contributed by atoms with van der Waals surface area (Å²) in [5, 5.41) is 0. The summed E-state index contributed by atoms with van der Waals surface area (Å²) in [5.74, 6) is -0.565. The van der Waals surface area contributed by atoms with E-state index in [-0.39, 0.29) is 0 Å². The topological polar surface area (TPSA) is 46.3 Å². The monoisotopic (exact) mass is 182 g/mol. The molecule has 2 N–H and O–H groups in total. The lowest BCUT2D eigenvalue weighted by molar-refractivity contribution is -0.119. The lowest BCUT2D eigenvalue weighted by Crippen LogP contribution is -2.27. The van der Waals surface area contributed by atoms with Crippen LogP contribution in [0.5, 0.6) is 0 Å². The Morgan fingerprint density at radius 2 is 2.00 bits per heavy atom. The van der Waals surface area contributed by atoms with Crippen LogP contribution in [0.25, 0.3) is 0 Å². The Balaban J connectivity index is 2.83. The molecule has 0 fully saturated rings. The average Bonchev–Trinajstić information content (AvgIpc) is 2.17. The van der Waals surface area contributed by atoms with Gasteiger partial charge >= 0.3 is 0 Å². The minimum Gasteiger partial charge on any atom is -0.399 e. The zero-order valence-electron chi connectivity index (χ0n) is 7.33. The number of carbonyl (C=O) groups is 1. The maximum atomic E-state index is 12.0. The quantitative estimate of drug-likeness (QED) is 0.698. The van der Waals surface area contributed by atoms with E-state index in [2.05, 4.69) is 0 Å². The molecular formula is C9H11FN2O. The van der Waals surface area contributed by atoms with Crippen molar-refractivity contribution in [3.05, 3.63) is 24.3 Å². The number of halogens is 1. The van der Waals surface area contributed by atoms with Crippen molar-refractivity contribution in [2.45, 2.75) is 0 Å². The van der Waals surface area contributed by atoms with E-state index in [1.165, 1.54) is 11.9 Å². The smallest absolute Gasteiger partial charge is 0.258 e. The molecule has 0 saturated heterocycles. The van der Waals surface area contributed by atoms with Crippen LogP contribution in [0.2, 0.25) is 0 Å². The highest BCUT2D eigenvalue weighted by molar-refractivity contribution is 5.93. The third-order valence-electron chi connectivity index (χ3n) is 1.77. The fourth-order valence-corrected chi connectivity index (χ4v) is 0.932. The molecule has 1 amide bonds. The molecule has 1 aromatic carbocycles. The van der Waals surface area contributed by atoms with Gasteiger partial charge in [0.05, 0.1) is 0 Å². The van der Waals surface area contributed by atoms with E-state index >= 15 is 0 Å². The van der Waals surface area contributed by atoms with Gasteiger partial charge in [0.1, 0.15) is 0 Å². The van der Waals surface area contributed by atoms with Crippen LogP contribution < -0.4 is 10.6 Å². The lowest BCUT2D eigenvalue weighted by atomic mass is 10.2. The van der Waals surface area contributed by atoms with Crippen LogP contribution in [0.3, 0.4) is 0 Å². The third kappa shape index (κ3) is 2.18. The Bertz CT molecular complexity index is 297. The van der Waals surface area contributed by atoms with Crippen LogP contribution in [-0.2, 0) is 4.79 Å². The first kappa shape index (κ1) is 9.51. The molecule has 0 radical (unpaired) electrons. The highest BCUT2D eigenvalue weighted by Gasteiger charge is 2.08. The molecule has 0 atom stereocenters. The maximum absolute atomic E-state index is 12.0. The molecule has 13 heavy (non-hydrogen) atoms. The van der Waals surface area contributed by atoms with E-state index in [0.29, 0.717) is 11.4 Å². The minimum absolute atomic E-state index is 0.565. The number of anilines is 2.